The van der Waals surface area contributed by atoms with E-state index in [1.807, 2.05) is 45.9 Å². The van der Waals surface area contributed by atoms with Crippen molar-refractivity contribution in [1.82, 2.24) is 19.6 Å². The van der Waals surface area contributed by atoms with Gasteiger partial charge < -0.3 is 9.47 Å². The van der Waals surface area contributed by atoms with Crippen molar-refractivity contribution in [3.63, 3.8) is 0 Å². The number of methoxy groups -OCH3 is 1. The van der Waals surface area contributed by atoms with Crippen LogP contribution in [0.4, 0.5) is 10.6 Å². The second-order valence-corrected chi connectivity index (χ2v) is 8.39. The number of carbonyl (C=O) groups is 1. The molecule has 0 saturated carbocycles. The number of pyridine rings is 2. The smallest absolute Gasteiger partial charge is 0.413 e. The minimum absolute atomic E-state index is 0.375. The first-order valence-corrected chi connectivity index (χ1v) is 9.95. The van der Waals surface area contributed by atoms with Gasteiger partial charge in [0.25, 0.3) is 0 Å². The molecular weight excluding hydrogens is 394 g/mol. The Bertz CT molecular complexity index is 1300. The quantitative estimate of drug-likeness (QED) is 0.507. The molecule has 0 radical (unpaired) electrons. The summed E-state index contributed by atoms with van der Waals surface area (Å²) in [5.74, 6) is 1.19. The fourth-order valence-electron chi connectivity index (χ4n) is 3.70. The molecule has 4 aromatic rings. The zero-order valence-electron chi connectivity index (χ0n) is 18.5. The maximum Gasteiger partial charge on any atom is 0.413 e. The van der Waals surface area contributed by atoms with Crippen molar-refractivity contribution in [3.8, 4) is 16.9 Å². The van der Waals surface area contributed by atoms with Crippen molar-refractivity contribution < 1.29 is 14.3 Å². The van der Waals surface area contributed by atoms with Crippen LogP contribution in [0.15, 0.2) is 36.8 Å². The lowest BCUT2D eigenvalue weighted by Gasteiger charge is -2.19. The Morgan fingerprint density at radius 1 is 1.13 bits per heavy atom. The molecule has 0 aliphatic rings. The fourth-order valence-corrected chi connectivity index (χ4v) is 3.70. The average molecular weight is 419 g/mol. The molecule has 3 aromatic heterocycles. The average Bonchev–Trinajstić information content (AvgIpc) is 3.17. The molecule has 0 fully saturated rings. The summed E-state index contributed by atoms with van der Waals surface area (Å²) in [4.78, 5) is 21.0. The number of nitrogens with one attached hydrogen (secondary N) is 1. The highest BCUT2D eigenvalue weighted by Crippen LogP contribution is 2.36. The largest absolute Gasteiger partial charge is 0.496 e. The Morgan fingerprint density at radius 2 is 1.90 bits per heavy atom. The minimum Gasteiger partial charge on any atom is -0.496 e. The lowest BCUT2D eigenvalue weighted by atomic mass is 9.95. The van der Waals surface area contributed by atoms with Gasteiger partial charge >= 0.3 is 6.09 Å². The van der Waals surface area contributed by atoms with Gasteiger partial charge in [0.1, 0.15) is 23.5 Å². The molecule has 160 valence electrons. The summed E-state index contributed by atoms with van der Waals surface area (Å²) in [5, 5.41) is 7.96. The fraction of sp³-hybridized carbons (Fsp3) is 0.304. The van der Waals surface area contributed by atoms with Gasteiger partial charge in [-0.15, -0.1) is 0 Å². The molecular formula is C23H25N5O3. The van der Waals surface area contributed by atoms with E-state index in [9.17, 15) is 4.79 Å². The molecule has 1 N–H and O–H groups in total. The van der Waals surface area contributed by atoms with Crippen molar-refractivity contribution in [2.45, 2.75) is 40.2 Å². The Labute approximate surface area is 180 Å². The summed E-state index contributed by atoms with van der Waals surface area (Å²) >= 11 is 0. The number of carbonyl (C=O) groups excluding carboxylic acids is 1. The van der Waals surface area contributed by atoms with Crippen LogP contribution in [0.25, 0.3) is 27.7 Å². The van der Waals surface area contributed by atoms with Gasteiger partial charge in [-0.1, -0.05) is 6.07 Å². The number of ether oxygens (including phenoxy) is 2. The van der Waals surface area contributed by atoms with Crippen LogP contribution in [0, 0.1) is 13.8 Å². The van der Waals surface area contributed by atoms with E-state index in [-0.39, 0.29) is 0 Å². The highest BCUT2D eigenvalue weighted by molar-refractivity contribution is 5.95. The van der Waals surface area contributed by atoms with Crippen LogP contribution in [-0.2, 0) is 4.74 Å². The molecule has 0 bridgehead atoms. The maximum atomic E-state index is 12.1. The van der Waals surface area contributed by atoms with Crippen molar-refractivity contribution in [2.75, 3.05) is 12.4 Å². The number of hydrogen-bond donors (Lipinski definition) is 1. The first-order chi connectivity index (χ1) is 14.7. The number of anilines is 1. The van der Waals surface area contributed by atoms with Crippen LogP contribution in [0.5, 0.6) is 5.75 Å². The van der Waals surface area contributed by atoms with Crippen LogP contribution in [0.3, 0.4) is 0 Å². The number of hydrogen-bond acceptors (Lipinski definition) is 6. The number of amides is 1. The van der Waals surface area contributed by atoms with Gasteiger partial charge in [0.2, 0.25) is 0 Å². The van der Waals surface area contributed by atoms with E-state index >= 15 is 0 Å². The molecule has 8 heteroatoms. The summed E-state index contributed by atoms with van der Waals surface area (Å²) in [7, 11) is 1.66. The predicted octanol–water partition coefficient (Wildman–Crippen LogP) is 4.92. The van der Waals surface area contributed by atoms with E-state index in [2.05, 4.69) is 27.3 Å². The first-order valence-electron chi connectivity index (χ1n) is 9.95. The van der Waals surface area contributed by atoms with Crippen LogP contribution in [0.2, 0.25) is 0 Å². The van der Waals surface area contributed by atoms with Crippen molar-refractivity contribution in [1.29, 1.82) is 0 Å². The minimum atomic E-state index is -0.596. The van der Waals surface area contributed by atoms with Crippen LogP contribution < -0.4 is 10.1 Å². The summed E-state index contributed by atoms with van der Waals surface area (Å²) in [6.07, 6.45) is 2.66. The Hall–Kier alpha value is -3.68. The molecule has 0 saturated heterocycles. The molecule has 1 aromatic carbocycles. The van der Waals surface area contributed by atoms with Gasteiger partial charge in [0.05, 0.1) is 12.6 Å². The highest BCUT2D eigenvalue weighted by atomic mass is 16.6. The third kappa shape index (κ3) is 3.88. The van der Waals surface area contributed by atoms with E-state index in [1.54, 1.807) is 23.9 Å². The van der Waals surface area contributed by atoms with E-state index in [0.717, 1.165) is 38.9 Å². The highest BCUT2D eigenvalue weighted by Gasteiger charge is 2.19. The van der Waals surface area contributed by atoms with Gasteiger partial charge in [-0.3, -0.25) is 5.32 Å². The van der Waals surface area contributed by atoms with E-state index < -0.39 is 11.7 Å². The molecule has 1 amide bonds. The first kappa shape index (κ1) is 20.6. The topological polar surface area (TPSA) is 90.6 Å². The lowest BCUT2D eigenvalue weighted by molar-refractivity contribution is 0.0635. The summed E-state index contributed by atoms with van der Waals surface area (Å²) in [5.41, 5.74) is 5.02. The molecule has 4 rings (SSSR count). The molecule has 0 aliphatic heterocycles. The number of aryl methyl sites for hydroxylation is 1. The third-order valence-corrected chi connectivity index (χ3v) is 4.97. The zero-order chi connectivity index (χ0) is 22.3. The molecule has 31 heavy (non-hydrogen) atoms. The van der Waals surface area contributed by atoms with Crippen molar-refractivity contribution >= 4 is 28.5 Å². The van der Waals surface area contributed by atoms with Gasteiger partial charge in [-0.25, -0.2) is 19.3 Å². The van der Waals surface area contributed by atoms with E-state index in [1.165, 1.54) is 6.33 Å². The van der Waals surface area contributed by atoms with Gasteiger partial charge in [0, 0.05) is 23.2 Å². The molecule has 8 nitrogen and oxygen atoms in total. The van der Waals surface area contributed by atoms with E-state index in [4.69, 9.17) is 9.47 Å². The predicted molar refractivity (Wildman–Crippen MR) is 120 cm³/mol. The normalized spacial score (nSPS) is 11.7. The van der Waals surface area contributed by atoms with Gasteiger partial charge in [-0.2, -0.15) is 5.10 Å². The summed E-state index contributed by atoms with van der Waals surface area (Å²) in [6, 6.07) is 7.80. The van der Waals surface area contributed by atoms with E-state index in [0.29, 0.717) is 11.5 Å². The second-order valence-electron chi connectivity index (χ2n) is 8.39. The third-order valence-electron chi connectivity index (χ3n) is 4.97. The molecule has 0 aliphatic carbocycles. The molecule has 0 unspecified atom stereocenters. The SMILES string of the molecule is COc1ccc(C)c(-c2cc3cnc(NC(=O)OC(C)(C)C)cc3n3ncnc23)c1C. The molecule has 0 atom stereocenters. The number of rotatable bonds is 3. The number of nitrogens with zero attached hydrogens (tertiary/aromatic N) is 4. The molecule has 0 spiro atoms. The molecule has 3 heterocycles. The van der Waals surface area contributed by atoms with Gasteiger partial charge in [-0.05, 0) is 63.4 Å². The summed E-state index contributed by atoms with van der Waals surface area (Å²) < 4.78 is 12.6. The second kappa shape index (κ2) is 7.54. The maximum absolute atomic E-state index is 12.1. The van der Waals surface area contributed by atoms with Crippen LogP contribution in [0.1, 0.15) is 31.9 Å². The van der Waals surface area contributed by atoms with Gasteiger partial charge in [0.15, 0.2) is 5.65 Å². The Morgan fingerprint density at radius 3 is 2.61 bits per heavy atom. The van der Waals surface area contributed by atoms with Crippen molar-refractivity contribution in [3.05, 3.63) is 47.9 Å². The monoisotopic (exact) mass is 419 g/mol. The van der Waals surface area contributed by atoms with Crippen LogP contribution in [-0.4, -0.2) is 38.4 Å². The van der Waals surface area contributed by atoms with Crippen molar-refractivity contribution in [2.24, 2.45) is 0 Å². The number of benzene rings is 1. The standard InChI is InChI=1S/C23H25N5O3/c1-13-7-8-18(30-6)14(2)20(13)16-9-15-11-24-19(27-22(29)31-23(3,4)5)10-17(15)28-21(16)25-12-26-28/h7-12H,1-6H3,(H,24,27,29). The Balaban J connectivity index is 1.85. The number of aromatic nitrogens is 4. The summed E-state index contributed by atoms with van der Waals surface area (Å²) in [6.45, 7) is 9.52. The zero-order valence-corrected chi connectivity index (χ0v) is 18.5. The number of fused-ring (bicyclic) bond motifs is 3. The Kier molecular flexibility index (Phi) is 5.00. The van der Waals surface area contributed by atoms with Crippen LogP contribution >= 0.6 is 0 Å². The lowest BCUT2D eigenvalue weighted by Crippen LogP contribution is -2.27.